The van der Waals surface area contributed by atoms with Crippen LogP contribution in [0.15, 0.2) is 18.3 Å². The Morgan fingerprint density at radius 3 is 3.00 bits per heavy atom. The van der Waals surface area contributed by atoms with Gasteiger partial charge in [-0.1, -0.05) is 0 Å². The Kier molecular flexibility index (Phi) is 3.36. The van der Waals surface area contributed by atoms with Crippen LogP contribution in [-0.2, 0) is 13.5 Å². The zero-order chi connectivity index (χ0) is 13.1. The number of ether oxygens (including phenoxy) is 1. The molecule has 6 heteroatoms. The molecule has 2 rings (SSSR count). The van der Waals surface area contributed by atoms with Gasteiger partial charge in [-0.2, -0.15) is 5.10 Å². The lowest BCUT2D eigenvalue weighted by Gasteiger charge is -2.09. The number of benzene rings is 1. The number of carboxylic acid groups (broad SMARTS) is 1. The zero-order valence-electron chi connectivity index (χ0n) is 10.3. The summed E-state index contributed by atoms with van der Waals surface area (Å²) in [6.07, 6.45) is 1.34. The van der Waals surface area contributed by atoms with E-state index in [1.54, 1.807) is 18.0 Å². The van der Waals surface area contributed by atoms with E-state index in [9.17, 15) is 4.79 Å². The number of nitrogens with one attached hydrogen (secondary N) is 1. The van der Waals surface area contributed by atoms with Crippen LogP contribution in [0.5, 0.6) is 5.75 Å². The molecule has 1 amide bonds. The first-order chi connectivity index (χ1) is 8.61. The average molecular weight is 249 g/mol. The van der Waals surface area contributed by atoms with Gasteiger partial charge in [0, 0.05) is 19.0 Å². The molecule has 6 nitrogen and oxygen atoms in total. The van der Waals surface area contributed by atoms with Crippen LogP contribution in [0.2, 0.25) is 0 Å². The van der Waals surface area contributed by atoms with E-state index in [1.807, 2.05) is 19.2 Å². The van der Waals surface area contributed by atoms with Crippen molar-refractivity contribution in [3.8, 4) is 5.75 Å². The van der Waals surface area contributed by atoms with Gasteiger partial charge in [0.05, 0.1) is 18.8 Å². The van der Waals surface area contributed by atoms with E-state index < -0.39 is 6.09 Å². The first-order valence-electron chi connectivity index (χ1n) is 5.57. The fraction of sp³-hybridized carbons (Fsp3) is 0.333. The van der Waals surface area contributed by atoms with Gasteiger partial charge in [0.15, 0.2) is 0 Å². The van der Waals surface area contributed by atoms with Crippen LogP contribution in [0.25, 0.3) is 10.9 Å². The molecule has 0 saturated carbocycles. The van der Waals surface area contributed by atoms with Crippen LogP contribution in [0.1, 0.15) is 5.56 Å². The van der Waals surface area contributed by atoms with Gasteiger partial charge in [0.2, 0.25) is 0 Å². The van der Waals surface area contributed by atoms with E-state index in [2.05, 4.69) is 10.4 Å². The molecule has 0 spiro atoms. The summed E-state index contributed by atoms with van der Waals surface area (Å²) in [5.74, 6) is 0.752. The van der Waals surface area contributed by atoms with Crippen LogP contribution < -0.4 is 10.1 Å². The molecule has 1 heterocycles. The summed E-state index contributed by atoms with van der Waals surface area (Å²) in [4.78, 5) is 10.4. The van der Waals surface area contributed by atoms with Gasteiger partial charge < -0.3 is 15.2 Å². The molecule has 0 aliphatic carbocycles. The minimum absolute atomic E-state index is 0.356. The molecule has 0 atom stereocenters. The van der Waals surface area contributed by atoms with Gasteiger partial charge in [-0.15, -0.1) is 0 Å². The van der Waals surface area contributed by atoms with E-state index in [4.69, 9.17) is 9.84 Å². The summed E-state index contributed by atoms with van der Waals surface area (Å²) in [5, 5.41) is 16.1. The van der Waals surface area contributed by atoms with Crippen LogP contribution in [0.3, 0.4) is 0 Å². The molecule has 1 aromatic carbocycles. The molecule has 0 bridgehead atoms. The van der Waals surface area contributed by atoms with Crippen molar-refractivity contribution in [1.82, 2.24) is 15.1 Å². The van der Waals surface area contributed by atoms with Gasteiger partial charge in [-0.3, -0.25) is 4.68 Å². The summed E-state index contributed by atoms with van der Waals surface area (Å²) >= 11 is 0. The lowest BCUT2D eigenvalue weighted by Crippen LogP contribution is -2.23. The highest BCUT2D eigenvalue weighted by Crippen LogP contribution is 2.25. The van der Waals surface area contributed by atoms with E-state index >= 15 is 0 Å². The van der Waals surface area contributed by atoms with Gasteiger partial charge in [-0.25, -0.2) is 4.79 Å². The lowest BCUT2D eigenvalue weighted by atomic mass is 10.1. The maximum absolute atomic E-state index is 10.4. The highest BCUT2D eigenvalue weighted by atomic mass is 16.5. The minimum Gasteiger partial charge on any atom is -0.496 e. The number of fused-ring (bicyclic) bond motifs is 1. The van der Waals surface area contributed by atoms with Crippen molar-refractivity contribution >= 4 is 17.0 Å². The van der Waals surface area contributed by atoms with Crippen LogP contribution in [-0.4, -0.2) is 34.6 Å². The summed E-state index contributed by atoms with van der Waals surface area (Å²) < 4.78 is 7.09. The van der Waals surface area contributed by atoms with Crippen molar-refractivity contribution in [3.05, 3.63) is 23.9 Å². The van der Waals surface area contributed by atoms with E-state index in [1.165, 1.54) is 0 Å². The standard InChI is InChI=1S/C12H15N3O3/c1-15-10-5-8(3-4-13-12(16)17)11(18-2)6-9(10)7-14-15/h5-7,13H,3-4H2,1-2H3,(H,16,17). The first kappa shape index (κ1) is 12.2. The third-order valence-corrected chi connectivity index (χ3v) is 2.82. The predicted molar refractivity (Wildman–Crippen MR) is 67.0 cm³/mol. The molecule has 2 aromatic rings. The predicted octanol–water partition coefficient (Wildman–Crippen LogP) is 1.39. The zero-order valence-corrected chi connectivity index (χ0v) is 10.3. The summed E-state index contributed by atoms with van der Waals surface area (Å²) in [5.41, 5.74) is 1.96. The summed E-state index contributed by atoms with van der Waals surface area (Å²) in [7, 11) is 3.47. The van der Waals surface area contributed by atoms with Crippen LogP contribution in [0.4, 0.5) is 4.79 Å². The number of aromatic nitrogens is 2. The van der Waals surface area contributed by atoms with Crippen molar-refractivity contribution in [3.63, 3.8) is 0 Å². The molecular weight excluding hydrogens is 234 g/mol. The van der Waals surface area contributed by atoms with Gasteiger partial charge in [-0.05, 0) is 24.1 Å². The molecule has 0 radical (unpaired) electrons. The highest BCUT2D eigenvalue weighted by molar-refractivity contribution is 5.81. The van der Waals surface area contributed by atoms with Crippen molar-refractivity contribution in [2.75, 3.05) is 13.7 Å². The molecule has 0 saturated heterocycles. The highest BCUT2D eigenvalue weighted by Gasteiger charge is 2.08. The maximum Gasteiger partial charge on any atom is 0.404 e. The number of rotatable bonds is 4. The summed E-state index contributed by atoms with van der Waals surface area (Å²) in [6, 6.07) is 3.89. The Bertz CT molecular complexity index is 577. The Balaban J connectivity index is 2.28. The molecule has 0 aliphatic rings. The molecular formula is C12H15N3O3. The van der Waals surface area contributed by atoms with Crippen molar-refractivity contribution in [1.29, 1.82) is 0 Å². The Morgan fingerprint density at radius 1 is 1.56 bits per heavy atom. The molecule has 1 aromatic heterocycles. The second kappa shape index (κ2) is 4.95. The largest absolute Gasteiger partial charge is 0.496 e. The lowest BCUT2D eigenvalue weighted by molar-refractivity contribution is 0.194. The normalized spacial score (nSPS) is 10.6. The molecule has 0 unspecified atom stereocenters. The second-order valence-corrected chi connectivity index (χ2v) is 3.97. The molecule has 2 N–H and O–H groups in total. The van der Waals surface area contributed by atoms with Crippen LogP contribution in [0, 0.1) is 0 Å². The number of aryl methyl sites for hydroxylation is 1. The van der Waals surface area contributed by atoms with Gasteiger partial charge >= 0.3 is 6.09 Å². The minimum atomic E-state index is -1.02. The Morgan fingerprint density at radius 2 is 2.33 bits per heavy atom. The third-order valence-electron chi connectivity index (χ3n) is 2.82. The van der Waals surface area contributed by atoms with E-state index in [-0.39, 0.29) is 0 Å². The third kappa shape index (κ3) is 2.37. The monoisotopic (exact) mass is 249 g/mol. The molecule has 0 fully saturated rings. The number of hydrogen-bond donors (Lipinski definition) is 2. The van der Waals surface area contributed by atoms with E-state index in [0.29, 0.717) is 13.0 Å². The Hall–Kier alpha value is -2.24. The van der Waals surface area contributed by atoms with Gasteiger partial charge in [0.1, 0.15) is 5.75 Å². The van der Waals surface area contributed by atoms with Crippen molar-refractivity contribution < 1.29 is 14.6 Å². The number of methoxy groups -OCH3 is 1. The topological polar surface area (TPSA) is 76.4 Å². The SMILES string of the molecule is COc1cc2cnn(C)c2cc1CCNC(=O)O. The van der Waals surface area contributed by atoms with Gasteiger partial charge in [0.25, 0.3) is 0 Å². The van der Waals surface area contributed by atoms with Crippen molar-refractivity contribution in [2.45, 2.75) is 6.42 Å². The first-order valence-corrected chi connectivity index (χ1v) is 5.57. The molecule has 96 valence electrons. The second-order valence-electron chi connectivity index (χ2n) is 3.97. The average Bonchev–Trinajstić information content (AvgIpc) is 2.69. The fourth-order valence-electron chi connectivity index (χ4n) is 1.91. The fourth-order valence-corrected chi connectivity index (χ4v) is 1.91. The number of hydrogen-bond acceptors (Lipinski definition) is 3. The van der Waals surface area contributed by atoms with Crippen LogP contribution >= 0.6 is 0 Å². The quantitative estimate of drug-likeness (QED) is 0.858. The molecule has 18 heavy (non-hydrogen) atoms. The summed E-state index contributed by atoms with van der Waals surface area (Å²) in [6.45, 7) is 0.356. The smallest absolute Gasteiger partial charge is 0.404 e. The maximum atomic E-state index is 10.4. The number of nitrogens with zero attached hydrogens (tertiary/aromatic N) is 2. The molecule has 0 aliphatic heterocycles. The number of amides is 1. The van der Waals surface area contributed by atoms with E-state index in [0.717, 1.165) is 22.2 Å². The Labute approximate surface area is 104 Å². The van der Waals surface area contributed by atoms with Crippen molar-refractivity contribution in [2.24, 2.45) is 7.05 Å². The number of carbonyl (C=O) groups is 1.